The third kappa shape index (κ3) is 2.70. The second-order valence-corrected chi connectivity index (χ2v) is 4.57. The fourth-order valence-electron chi connectivity index (χ4n) is 2.40. The predicted octanol–water partition coefficient (Wildman–Crippen LogP) is 3.20. The summed E-state index contributed by atoms with van der Waals surface area (Å²) in [5, 5.41) is 4.63. The van der Waals surface area contributed by atoms with Gasteiger partial charge in [0.05, 0.1) is 0 Å². The van der Waals surface area contributed by atoms with Gasteiger partial charge in [-0.3, -0.25) is 0 Å². The molecule has 2 heteroatoms. The van der Waals surface area contributed by atoms with Crippen LogP contribution in [0.15, 0.2) is 30.5 Å². The number of nitrogens with one attached hydrogen (secondary N) is 1. The lowest BCUT2D eigenvalue weighted by atomic mass is 10.1. The van der Waals surface area contributed by atoms with E-state index in [0.29, 0.717) is 0 Å². The first-order chi connectivity index (χ1) is 8.36. The van der Waals surface area contributed by atoms with E-state index in [1.807, 2.05) is 7.05 Å². The number of nitrogens with zero attached hydrogens (tertiary/aromatic N) is 1. The van der Waals surface area contributed by atoms with Crippen molar-refractivity contribution in [2.24, 2.45) is 0 Å². The summed E-state index contributed by atoms with van der Waals surface area (Å²) in [7, 11) is 2.01. The summed E-state index contributed by atoms with van der Waals surface area (Å²) in [4.78, 5) is 0. The van der Waals surface area contributed by atoms with Crippen LogP contribution in [0, 0.1) is 0 Å². The van der Waals surface area contributed by atoms with Crippen molar-refractivity contribution in [3.8, 4) is 0 Å². The highest BCUT2D eigenvalue weighted by molar-refractivity contribution is 5.83. The van der Waals surface area contributed by atoms with Crippen LogP contribution in [0.1, 0.15) is 25.3 Å². The number of benzene rings is 1. The Labute approximate surface area is 104 Å². The van der Waals surface area contributed by atoms with E-state index in [-0.39, 0.29) is 0 Å². The zero-order valence-electron chi connectivity index (χ0n) is 10.9. The van der Waals surface area contributed by atoms with E-state index >= 15 is 0 Å². The molecule has 0 fully saturated rings. The number of aryl methyl sites for hydroxylation is 2. The fourth-order valence-corrected chi connectivity index (χ4v) is 2.40. The first-order valence-electron chi connectivity index (χ1n) is 6.58. The largest absolute Gasteiger partial charge is 0.347 e. The molecule has 2 rings (SSSR count). The predicted molar refractivity (Wildman–Crippen MR) is 74.5 cm³/mol. The lowest BCUT2D eigenvalue weighted by Gasteiger charge is -2.06. The molecule has 2 aromatic rings. The molecular weight excluding hydrogens is 208 g/mol. The Balaban J connectivity index is 2.24. The van der Waals surface area contributed by atoms with Gasteiger partial charge in [0, 0.05) is 23.6 Å². The molecule has 0 unspecified atom stereocenters. The highest BCUT2D eigenvalue weighted by Gasteiger charge is 2.04. The van der Waals surface area contributed by atoms with E-state index in [2.05, 4.69) is 47.3 Å². The second-order valence-electron chi connectivity index (χ2n) is 4.57. The van der Waals surface area contributed by atoms with Crippen LogP contribution in [0.2, 0.25) is 0 Å². The zero-order chi connectivity index (χ0) is 12.1. The maximum atomic E-state index is 3.21. The van der Waals surface area contributed by atoms with Crippen LogP contribution in [-0.4, -0.2) is 18.2 Å². The molecule has 1 N–H and O–H groups in total. The van der Waals surface area contributed by atoms with E-state index in [4.69, 9.17) is 0 Å². The summed E-state index contributed by atoms with van der Waals surface area (Å²) in [6.07, 6.45) is 5.77. The van der Waals surface area contributed by atoms with Gasteiger partial charge in [-0.2, -0.15) is 0 Å². The normalized spacial score (nSPS) is 11.2. The third-order valence-electron chi connectivity index (χ3n) is 3.24. The summed E-state index contributed by atoms with van der Waals surface area (Å²) in [6.45, 7) is 4.43. The molecule has 0 aliphatic carbocycles. The highest BCUT2D eigenvalue weighted by Crippen LogP contribution is 2.21. The van der Waals surface area contributed by atoms with Crippen molar-refractivity contribution in [3.63, 3.8) is 0 Å². The van der Waals surface area contributed by atoms with Crippen molar-refractivity contribution in [3.05, 3.63) is 36.0 Å². The van der Waals surface area contributed by atoms with Gasteiger partial charge in [0.2, 0.25) is 0 Å². The number of fused-ring (bicyclic) bond motifs is 1. The van der Waals surface area contributed by atoms with Crippen LogP contribution in [-0.2, 0) is 13.0 Å². The van der Waals surface area contributed by atoms with Crippen molar-refractivity contribution in [2.75, 3.05) is 13.6 Å². The average Bonchev–Trinajstić information content (AvgIpc) is 2.75. The summed E-state index contributed by atoms with van der Waals surface area (Å²) >= 11 is 0. The minimum absolute atomic E-state index is 1.09. The van der Waals surface area contributed by atoms with Gasteiger partial charge in [0.15, 0.2) is 0 Å². The summed E-state index contributed by atoms with van der Waals surface area (Å²) in [5.41, 5.74) is 2.86. The molecular formula is C15H22N2. The molecule has 0 atom stereocenters. The maximum absolute atomic E-state index is 3.21. The van der Waals surface area contributed by atoms with E-state index < -0.39 is 0 Å². The van der Waals surface area contributed by atoms with Gasteiger partial charge in [-0.05, 0) is 50.6 Å². The van der Waals surface area contributed by atoms with Gasteiger partial charge in [-0.25, -0.2) is 0 Å². The molecule has 2 nitrogen and oxygen atoms in total. The Bertz CT molecular complexity index is 471. The quantitative estimate of drug-likeness (QED) is 0.754. The summed E-state index contributed by atoms with van der Waals surface area (Å²) in [6, 6.07) is 8.93. The molecule has 0 bridgehead atoms. The molecule has 0 aliphatic heterocycles. The number of aromatic nitrogens is 1. The molecule has 0 saturated heterocycles. The van der Waals surface area contributed by atoms with E-state index in [0.717, 1.165) is 19.5 Å². The smallest absolute Gasteiger partial charge is 0.0483 e. The highest BCUT2D eigenvalue weighted by atomic mass is 14.9. The van der Waals surface area contributed by atoms with Crippen LogP contribution in [0.5, 0.6) is 0 Å². The van der Waals surface area contributed by atoms with Crippen molar-refractivity contribution in [1.29, 1.82) is 0 Å². The van der Waals surface area contributed by atoms with Crippen LogP contribution < -0.4 is 5.32 Å². The van der Waals surface area contributed by atoms with E-state index in [9.17, 15) is 0 Å². The fraction of sp³-hybridized carbons (Fsp3) is 0.467. The molecule has 92 valence electrons. The van der Waals surface area contributed by atoms with Gasteiger partial charge >= 0.3 is 0 Å². The standard InChI is InChI=1S/C15H22N2/c1-3-11-17-12-9-14-13(7-5-10-16-2)6-4-8-15(14)17/h4,6,8-9,12,16H,3,5,7,10-11H2,1-2H3. The molecule has 1 heterocycles. The zero-order valence-corrected chi connectivity index (χ0v) is 10.9. The van der Waals surface area contributed by atoms with Gasteiger partial charge in [0.25, 0.3) is 0 Å². The first kappa shape index (κ1) is 12.2. The van der Waals surface area contributed by atoms with Gasteiger partial charge in [0.1, 0.15) is 0 Å². The molecule has 0 radical (unpaired) electrons. The molecule has 0 spiro atoms. The van der Waals surface area contributed by atoms with Crippen LogP contribution >= 0.6 is 0 Å². The molecule has 0 aliphatic rings. The van der Waals surface area contributed by atoms with E-state index in [1.165, 1.54) is 29.3 Å². The molecule has 0 saturated carbocycles. The van der Waals surface area contributed by atoms with Crippen LogP contribution in [0.3, 0.4) is 0 Å². The summed E-state index contributed by atoms with van der Waals surface area (Å²) < 4.78 is 2.36. The van der Waals surface area contributed by atoms with Crippen LogP contribution in [0.25, 0.3) is 10.9 Å². The number of hydrogen-bond acceptors (Lipinski definition) is 1. The Hall–Kier alpha value is -1.28. The van der Waals surface area contributed by atoms with Crippen LogP contribution in [0.4, 0.5) is 0 Å². The number of hydrogen-bond donors (Lipinski definition) is 1. The minimum Gasteiger partial charge on any atom is -0.347 e. The molecule has 0 amide bonds. The average molecular weight is 230 g/mol. The van der Waals surface area contributed by atoms with Crippen molar-refractivity contribution < 1.29 is 0 Å². The molecule has 1 aromatic carbocycles. The third-order valence-corrected chi connectivity index (χ3v) is 3.24. The Morgan fingerprint density at radius 2 is 2.12 bits per heavy atom. The number of rotatable bonds is 6. The Kier molecular flexibility index (Phi) is 4.21. The topological polar surface area (TPSA) is 17.0 Å². The summed E-state index contributed by atoms with van der Waals surface area (Å²) in [5.74, 6) is 0. The lowest BCUT2D eigenvalue weighted by molar-refractivity contribution is 0.703. The van der Waals surface area contributed by atoms with Gasteiger partial charge in [-0.1, -0.05) is 19.1 Å². The Morgan fingerprint density at radius 1 is 1.24 bits per heavy atom. The monoisotopic (exact) mass is 230 g/mol. The SMILES string of the molecule is CCCn1ccc2c(CCCNC)cccc21. The van der Waals surface area contributed by atoms with Gasteiger partial charge in [-0.15, -0.1) is 0 Å². The molecule has 17 heavy (non-hydrogen) atoms. The van der Waals surface area contributed by atoms with Crippen molar-refractivity contribution >= 4 is 10.9 Å². The van der Waals surface area contributed by atoms with Crippen molar-refractivity contribution in [2.45, 2.75) is 32.7 Å². The second kappa shape index (κ2) is 5.87. The maximum Gasteiger partial charge on any atom is 0.0483 e. The minimum atomic E-state index is 1.09. The van der Waals surface area contributed by atoms with Crippen molar-refractivity contribution in [1.82, 2.24) is 9.88 Å². The molecule has 1 aromatic heterocycles. The Morgan fingerprint density at radius 3 is 2.88 bits per heavy atom. The first-order valence-corrected chi connectivity index (χ1v) is 6.58. The lowest BCUT2D eigenvalue weighted by Crippen LogP contribution is -2.08. The van der Waals surface area contributed by atoms with E-state index in [1.54, 1.807) is 0 Å². The van der Waals surface area contributed by atoms with Gasteiger partial charge < -0.3 is 9.88 Å².